The Bertz CT molecular complexity index is 385. The fourth-order valence-electron chi connectivity index (χ4n) is 2.79. The summed E-state index contributed by atoms with van der Waals surface area (Å²) in [6.07, 6.45) is 4.17. The zero-order valence-electron chi connectivity index (χ0n) is 12.7. The van der Waals surface area contributed by atoms with Gasteiger partial charge in [0.15, 0.2) is 0 Å². The van der Waals surface area contributed by atoms with Gasteiger partial charge in [0.25, 0.3) is 0 Å². The highest BCUT2D eigenvalue weighted by Crippen LogP contribution is 2.17. The quantitative estimate of drug-likeness (QED) is 0.796. The van der Waals surface area contributed by atoms with Gasteiger partial charge in [0, 0.05) is 19.7 Å². The second-order valence-electron chi connectivity index (χ2n) is 5.78. The summed E-state index contributed by atoms with van der Waals surface area (Å²) in [5.41, 5.74) is 0. The average molecular weight is 281 g/mol. The van der Waals surface area contributed by atoms with Crippen LogP contribution >= 0.6 is 0 Å². The van der Waals surface area contributed by atoms with E-state index in [0.29, 0.717) is 12.6 Å². The number of hydrogen-bond acceptors (Lipinski definition) is 4. The summed E-state index contributed by atoms with van der Waals surface area (Å²) in [6, 6.07) is 4.01. The molecule has 0 unspecified atom stereocenters. The zero-order valence-corrected chi connectivity index (χ0v) is 12.7. The van der Waals surface area contributed by atoms with E-state index in [1.807, 2.05) is 19.1 Å². The Balaban J connectivity index is 1.91. The van der Waals surface area contributed by atoms with E-state index >= 15 is 0 Å². The average Bonchev–Trinajstić information content (AvgIpc) is 3.01. The molecular formula is C16H27NO3. The number of aliphatic hydroxyl groups is 1. The number of furan rings is 1. The molecule has 4 heteroatoms. The zero-order chi connectivity index (χ0) is 14.4. The van der Waals surface area contributed by atoms with Crippen LogP contribution in [-0.4, -0.2) is 41.9 Å². The minimum atomic E-state index is -0.266. The maximum Gasteiger partial charge on any atom is 0.118 e. The molecular weight excluding hydrogens is 254 g/mol. The lowest BCUT2D eigenvalue weighted by atomic mass is 10.1. The molecule has 2 rings (SSSR count). The standard InChI is InChI=1S/C16H27NO3/c1-3-5-14(18)10-17(11-15-6-4-9-19-15)12-16-8-7-13(2)20-16/h7-8,14-15,18H,3-6,9-12H2,1-2H3/t14-,15-/m0/s1. The van der Waals surface area contributed by atoms with Crippen molar-refractivity contribution in [2.24, 2.45) is 0 Å². The molecule has 0 aromatic carbocycles. The molecule has 1 aromatic heterocycles. The Kier molecular flexibility index (Phi) is 6.07. The molecule has 1 saturated heterocycles. The molecule has 2 atom stereocenters. The smallest absolute Gasteiger partial charge is 0.118 e. The summed E-state index contributed by atoms with van der Waals surface area (Å²) in [6.45, 7) is 7.24. The van der Waals surface area contributed by atoms with Crippen LogP contribution in [0.1, 0.15) is 44.1 Å². The summed E-state index contributed by atoms with van der Waals surface area (Å²) in [5, 5.41) is 10.1. The molecule has 1 fully saturated rings. The van der Waals surface area contributed by atoms with E-state index in [0.717, 1.165) is 56.9 Å². The van der Waals surface area contributed by atoms with Crippen LogP contribution in [-0.2, 0) is 11.3 Å². The molecule has 0 saturated carbocycles. The Morgan fingerprint density at radius 2 is 2.30 bits per heavy atom. The number of aryl methyl sites for hydroxylation is 1. The van der Waals surface area contributed by atoms with Crippen LogP contribution in [0.2, 0.25) is 0 Å². The van der Waals surface area contributed by atoms with E-state index in [1.54, 1.807) is 0 Å². The highest BCUT2D eigenvalue weighted by Gasteiger charge is 2.21. The third kappa shape index (κ3) is 4.93. The summed E-state index contributed by atoms with van der Waals surface area (Å²) in [4.78, 5) is 2.26. The molecule has 0 spiro atoms. The maximum absolute atomic E-state index is 10.1. The van der Waals surface area contributed by atoms with Crippen molar-refractivity contribution in [3.63, 3.8) is 0 Å². The molecule has 1 aromatic rings. The van der Waals surface area contributed by atoms with Gasteiger partial charge in [-0.15, -0.1) is 0 Å². The Labute approximate surface area is 121 Å². The van der Waals surface area contributed by atoms with E-state index in [-0.39, 0.29) is 6.10 Å². The molecule has 2 heterocycles. The minimum Gasteiger partial charge on any atom is -0.465 e. The molecule has 0 amide bonds. The van der Waals surface area contributed by atoms with E-state index in [2.05, 4.69) is 11.8 Å². The molecule has 20 heavy (non-hydrogen) atoms. The molecule has 1 N–H and O–H groups in total. The van der Waals surface area contributed by atoms with Gasteiger partial charge in [-0.05, 0) is 38.3 Å². The second-order valence-corrected chi connectivity index (χ2v) is 5.78. The first-order valence-corrected chi connectivity index (χ1v) is 7.74. The molecule has 4 nitrogen and oxygen atoms in total. The summed E-state index contributed by atoms with van der Waals surface area (Å²) >= 11 is 0. The molecule has 1 aliphatic heterocycles. The Hall–Kier alpha value is -0.840. The predicted molar refractivity (Wildman–Crippen MR) is 78.6 cm³/mol. The van der Waals surface area contributed by atoms with Gasteiger partial charge in [-0.2, -0.15) is 0 Å². The predicted octanol–water partition coefficient (Wildman–Crippen LogP) is 2.73. The van der Waals surface area contributed by atoms with Gasteiger partial charge in [0.05, 0.1) is 18.8 Å². The summed E-state index contributed by atoms with van der Waals surface area (Å²) < 4.78 is 11.4. The third-order valence-electron chi connectivity index (χ3n) is 3.75. The van der Waals surface area contributed by atoms with Crippen molar-refractivity contribution < 1.29 is 14.3 Å². The lowest BCUT2D eigenvalue weighted by Crippen LogP contribution is -2.37. The van der Waals surface area contributed by atoms with Gasteiger partial charge in [0.1, 0.15) is 11.5 Å². The van der Waals surface area contributed by atoms with Crippen molar-refractivity contribution in [3.8, 4) is 0 Å². The Morgan fingerprint density at radius 1 is 1.45 bits per heavy atom. The number of hydrogen-bond donors (Lipinski definition) is 1. The number of rotatable bonds is 8. The van der Waals surface area contributed by atoms with E-state index in [4.69, 9.17) is 9.15 Å². The van der Waals surface area contributed by atoms with Gasteiger partial charge in [-0.25, -0.2) is 0 Å². The van der Waals surface area contributed by atoms with Crippen molar-refractivity contribution in [1.82, 2.24) is 4.90 Å². The third-order valence-corrected chi connectivity index (χ3v) is 3.75. The maximum atomic E-state index is 10.1. The number of aliphatic hydroxyl groups excluding tert-OH is 1. The molecule has 0 aliphatic carbocycles. The van der Waals surface area contributed by atoms with Crippen LogP contribution in [0.5, 0.6) is 0 Å². The summed E-state index contributed by atoms with van der Waals surface area (Å²) in [7, 11) is 0. The van der Waals surface area contributed by atoms with Gasteiger partial charge in [-0.3, -0.25) is 4.90 Å². The van der Waals surface area contributed by atoms with Gasteiger partial charge in [-0.1, -0.05) is 13.3 Å². The van der Waals surface area contributed by atoms with Crippen LogP contribution in [0.15, 0.2) is 16.5 Å². The van der Waals surface area contributed by atoms with Crippen LogP contribution in [0.4, 0.5) is 0 Å². The fraction of sp³-hybridized carbons (Fsp3) is 0.750. The largest absolute Gasteiger partial charge is 0.465 e. The first-order chi connectivity index (χ1) is 9.67. The van der Waals surface area contributed by atoms with Crippen molar-refractivity contribution in [3.05, 3.63) is 23.7 Å². The summed E-state index contributed by atoms with van der Waals surface area (Å²) in [5.74, 6) is 1.90. The first kappa shape index (κ1) is 15.5. The van der Waals surface area contributed by atoms with Crippen molar-refractivity contribution in [2.45, 2.75) is 58.3 Å². The molecule has 114 valence electrons. The highest BCUT2D eigenvalue weighted by atomic mass is 16.5. The van der Waals surface area contributed by atoms with E-state index in [9.17, 15) is 5.11 Å². The van der Waals surface area contributed by atoms with Crippen LogP contribution in [0.25, 0.3) is 0 Å². The second kappa shape index (κ2) is 7.81. The Morgan fingerprint density at radius 3 is 2.90 bits per heavy atom. The van der Waals surface area contributed by atoms with Crippen LogP contribution in [0.3, 0.4) is 0 Å². The molecule has 0 bridgehead atoms. The van der Waals surface area contributed by atoms with E-state index in [1.165, 1.54) is 0 Å². The topological polar surface area (TPSA) is 45.8 Å². The lowest BCUT2D eigenvalue weighted by molar-refractivity contribution is 0.0414. The van der Waals surface area contributed by atoms with Crippen molar-refractivity contribution >= 4 is 0 Å². The SMILES string of the molecule is CCC[C@H](O)CN(Cc1ccc(C)o1)C[C@@H]1CCCO1. The van der Waals surface area contributed by atoms with Crippen LogP contribution < -0.4 is 0 Å². The monoisotopic (exact) mass is 281 g/mol. The normalized spacial score (nSPS) is 20.7. The van der Waals surface area contributed by atoms with Crippen molar-refractivity contribution in [2.75, 3.05) is 19.7 Å². The van der Waals surface area contributed by atoms with Gasteiger partial charge < -0.3 is 14.3 Å². The molecule has 1 aliphatic rings. The van der Waals surface area contributed by atoms with Gasteiger partial charge >= 0.3 is 0 Å². The van der Waals surface area contributed by atoms with Gasteiger partial charge in [0.2, 0.25) is 0 Å². The lowest BCUT2D eigenvalue weighted by Gasteiger charge is -2.26. The number of ether oxygens (including phenoxy) is 1. The highest BCUT2D eigenvalue weighted by molar-refractivity contribution is 5.05. The molecule has 0 radical (unpaired) electrons. The fourth-order valence-corrected chi connectivity index (χ4v) is 2.79. The van der Waals surface area contributed by atoms with Crippen molar-refractivity contribution in [1.29, 1.82) is 0 Å². The van der Waals surface area contributed by atoms with Crippen LogP contribution in [0, 0.1) is 6.92 Å². The number of nitrogens with zero attached hydrogens (tertiary/aromatic N) is 1. The first-order valence-electron chi connectivity index (χ1n) is 7.74. The minimum absolute atomic E-state index is 0.266. The van der Waals surface area contributed by atoms with E-state index < -0.39 is 0 Å².